The highest BCUT2D eigenvalue weighted by Gasteiger charge is 2.26. The Morgan fingerprint density at radius 3 is 2.92 bits per heavy atom. The molecule has 0 aromatic carbocycles. The number of nitrogens with one attached hydrogen (secondary N) is 1. The average Bonchev–Trinajstić information content (AvgIpc) is 3.26. The first-order valence-corrected chi connectivity index (χ1v) is 10.8. The predicted molar refractivity (Wildman–Crippen MR) is 106 cm³/mol. The lowest BCUT2D eigenvalue weighted by Gasteiger charge is -2.23. The summed E-state index contributed by atoms with van der Waals surface area (Å²) >= 11 is 1.72. The third-order valence-corrected chi connectivity index (χ3v) is 6.86. The van der Waals surface area contributed by atoms with Gasteiger partial charge in [-0.05, 0) is 51.5 Å². The van der Waals surface area contributed by atoms with Gasteiger partial charge in [-0.1, -0.05) is 12.8 Å². The molecule has 1 saturated carbocycles. The minimum Gasteiger partial charge on any atom is -0.377 e. The number of aromatic nitrogens is 2. The van der Waals surface area contributed by atoms with Crippen LogP contribution in [0, 0.1) is 0 Å². The van der Waals surface area contributed by atoms with Gasteiger partial charge in [0.2, 0.25) is 0 Å². The van der Waals surface area contributed by atoms with Gasteiger partial charge in [-0.2, -0.15) is 0 Å². The number of hydrogen-bond acceptors (Lipinski definition) is 5. The van der Waals surface area contributed by atoms with Crippen molar-refractivity contribution in [3.8, 4) is 0 Å². The maximum Gasteiger partial charge on any atom is 0.262 e. The molecular weight excluding hydrogens is 346 g/mol. The number of nitrogens with zero attached hydrogens (tertiary/aromatic N) is 2. The third-order valence-electron chi connectivity index (χ3n) is 5.70. The van der Waals surface area contributed by atoms with Gasteiger partial charge in [0.05, 0.1) is 24.4 Å². The fourth-order valence-corrected chi connectivity index (χ4v) is 5.61. The molecule has 2 aromatic rings. The van der Waals surface area contributed by atoms with Gasteiger partial charge in [0.15, 0.2) is 0 Å². The predicted octanol–water partition coefficient (Wildman–Crippen LogP) is 3.45. The summed E-state index contributed by atoms with van der Waals surface area (Å²) < 4.78 is 7.53. The number of hydrogen-bond donors (Lipinski definition) is 1. The van der Waals surface area contributed by atoms with Gasteiger partial charge in [-0.3, -0.25) is 9.36 Å². The minimum atomic E-state index is 0.191. The third kappa shape index (κ3) is 3.59. The zero-order valence-electron chi connectivity index (χ0n) is 15.8. The second kappa shape index (κ2) is 7.79. The van der Waals surface area contributed by atoms with Gasteiger partial charge < -0.3 is 10.1 Å². The quantitative estimate of drug-likeness (QED) is 0.786. The highest BCUT2D eigenvalue weighted by Crippen LogP contribution is 2.35. The van der Waals surface area contributed by atoms with Crippen molar-refractivity contribution in [2.24, 2.45) is 0 Å². The lowest BCUT2D eigenvalue weighted by molar-refractivity contribution is 0.0791. The molecule has 0 spiro atoms. The van der Waals surface area contributed by atoms with Crippen LogP contribution in [-0.4, -0.2) is 34.8 Å². The van der Waals surface area contributed by atoms with Gasteiger partial charge >= 0.3 is 0 Å². The second-order valence-corrected chi connectivity index (χ2v) is 8.98. The topological polar surface area (TPSA) is 56.1 Å². The van der Waals surface area contributed by atoms with Crippen molar-refractivity contribution in [3.63, 3.8) is 0 Å². The van der Waals surface area contributed by atoms with Crippen LogP contribution < -0.4 is 10.9 Å². The monoisotopic (exact) mass is 375 g/mol. The van der Waals surface area contributed by atoms with Gasteiger partial charge in [0.25, 0.3) is 5.56 Å². The number of aryl methyl sites for hydroxylation is 1. The van der Waals surface area contributed by atoms with Gasteiger partial charge in [0.1, 0.15) is 4.83 Å². The first-order chi connectivity index (χ1) is 12.6. The fourth-order valence-electron chi connectivity index (χ4n) is 4.35. The standard InChI is InChI=1S/C20H29N3O2S/c1-13(2)25-10-9-21-14-7-8-16-17(11-14)26-19-18(16)20(24)23(12-22-19)15-5-3-4-6-15/h12-15,21H,3-11H2,1-2H3. The lowest BCUT2D eigenvalue weighted by atomic mass is 9.93. The molecule has 2 aliphatic rings. The van der Waals surface area contributed by atoms with Crippen molar-refractivity contribution in [1.82, 2.24) is 14.9 Å². The van der Waals surface area contributed by atoms with E-state index in [-0.39, 0.29) is 11.7 Å². The van der Waals surface area contributed by atoms with E-state index < -0.39 is 0 Å². The summed E-state index contributed by atoms with van der Waals surface area (Å²) in [5.41, 5.74) is 1.46. The molecular formula is C20H29N3O2S. The molecule has 4 rings (SSSR count). The Balaban J connectivity index is 1.51. The summed E-state index contributed by atoms with van der Waals surface area (Å²) in [5, 5.41) is 4.51. The molecule has 142 valence electrons. The van der Waals surface area contributed by atoms with Crippen molar-refractivity contribution in [2.75, 3.05) is 13.2 Å². The maximum absolute atomic E-state index is 13.1. The highest BCUT2D eigenvalue weighted by molar-refractivity contribution is 7.18. The van der Waals surface area contributed by atoms with E-state index in [1.165, 1.54) is 23.3 Å². The first kappa shape index (κ1) is 18.1. The molecule has 1 unspecified atom stereocenters. The van der Waals surface area contributed by atoms with E-state index in [1.54, 1.807) is 17.7 Å². The van der Waals surface area contributed by atoms with Crippen LogP contribution in [-0.2, 0) is 17.6 Å². The summed E-state index contributed by atoms with van der Waals surface area (Å²) in [6, 6.07) is 0.831. The largest absolute Gasteiger partial charge is 0.377 e. The van der Waals surface area contributed by atoms with Crippen molar-refractivity contribution in [2.45, 2.75) is 77.0 Å². The number of rotatable bonds is 6. The van der Waals surface area contributed by atoms with Crippen LogP contribution in [0.5, 0.6) is 0 Å². The molecule has 1 atom stereocenters. The van der Waals surface area contributed by atoms with Crippen LogP contribution in [0.4, 0.5) is 0 Å². The maximum atomic E-state index is 13.1. The molecule has 2 heterocycles. The van der Waals surface area contributed by atoms with E-state index in [1.807, 2.05) is 4.57 Å². The van der Waals surface area contributed by atoms with Crippen molar-refractivity contribution < 1.29 is 4.74 Å². The molecule has 1 fully saturated rings. The zero-order valence-corrected chi connectivity index (χ0v) is 16.6. The van der Waals surface area contributed by atoms with E-state index in [2.05, 4.69) is 24.1 Å². The summed E-state index contributed by atoms with van der Waals surface area (Å²) in [6.07, 6.45) is 9.82. The Hall–Kier alpha value is -1.24. The molecule has 5 nitrogen and oxygen atoms in total. The summed E-state index contributed by atoms with van der Waals surface area (Å²) in [6.45, 7) is 5.77. The summed E-state index contributed by atoms with van der Waals surface area (Å²) in [4.78, 5) is 20.0. The highest BCUT2D eigenvalue weighted by atomic mass is 32.1. The Labute approximate surface area is 158 Å². The molecule has 0 bridgehead atoms. The Morgan fingerprint density at radius 2 is 2.15 bits per heavy atom. The molecule has 0 saturated heterocycles. The van der Waals surface area contributed by atoms with Crippen LogP contribution in [0.3, 0.4) is 0 Å². The summed E-state index contributed by atoms with van der Waals surface area (Å²) in [7, 11) is 0. The van der Waals surface area contributed by atoms with Gasteiger partial charge in [-0.15, -0.1) is 11.3 Å². The van der Waals surface area contributed by atoms with E-state index in [0.29, 0.717) is 12.1 Å². The van der Waals surface area contributed by atoms with E-state index in [4.69, 9.17) is 4.74 Å². The fraction of sp³-hybridized carbons (Fsp3) is 0.700. The first-order valence-electron chi connectivity index (χ1n) is 10.00. The molecule has 2 aliphatic carbocycles. The van der Waals surface area contributed by atoms with Crippen molar-refractivity contribution in [3.05, 3.63) is 27.1 Å². The number of fused-ring (bicyclic) bond motifs is 3. The second-order valence-electron chi connectivity index (χ2n) is 7.89. The molecule has 6 heteroatoms. The van der Waals surface area contributed by atoms with Gasteiger partial charge in [-0.25, -0.2) is 4.98 Å². The van der Waals surface area contributed by atoms with Crippen LogP contribution in [0.1, 0.15) is 62.4 Å². The molecule has 0 aliphatic heterocycles. The van der Waals surface area contributed by atoms with Crippen LogP contribution in [0.2, 0.25) is 0 Å². The molecule has 0 radical (unpaired) electrons. The summed E-state index contributed by atoms with van der Waals surface area (Å²) in [5.74, 6) is 0. The Kier molecular flexibility index (Phi) is 5.43. The van der Waals surface area contributed by atoms with Gasteiger partial charge in [0, 0.05) is 23.5 Å². The van der Waals surface area contributed by atoms with Crippen LogP contribution in [0.25, 0.3) is 10.2 Å². The van der Waals surface area contributed by atoms with Crippen LogP contribution in [0.15, 0.2) is 11.1 Å². The van der Waals surface area contributed by atoms with Crippen LogP contribution >= 0.6 is 11.3 Å². The normalized spacial score (nSPS) is 21.0. The van der Waals surface area contributed by atoms with Crippen molar-refractivity contribution >= 4 is 21.6 Å². The smallest absolute Gasteiger partial charge is 0.262 e. The van der Waals surface area contributed by atoms with E-state index >= 15 is 0 Å². The van der Waals surface area contributed by atoms with E-state index in [0.717, 1.165) is 55.5 Å². The molecule has 0 amide bonds. The Bertz CT molecular complexity index is 820. The SMILES string of the molecule is CC(C)OCCNC1CCc2c(sc3ncn(C4CCCC4)c(=O)c23)C1. The number of ether oxygens (including phenoxy) is 1. The average molecular weight is 376 g/mol. The van der Waals surface area contributed by atoms with E-state index in [9.17, 15) is 4.79 Å². The minimum absolute atomic E-state index is 0.191. The Morgan fingerprint density at radius 1 is 1.35 bits per heavy atom. The molecule has 2 aromatic heterocycles. The van der Waals surface area contributed by atoms with Crippen molar-refractivity contribution in [1.29, 1.82) is 0 Å². The lowest BCUT2D eigenvalue weighted by Crippen LogP contribution is -2.36. The molecule has 26 heavy (non-hydrogen) atoms. The zero-order chi connectivity index (χ0) is 18.1. The number of thiophene rings is 1. The molecule has 1 N–H and O–H groups in total.